The van der Waals surface area contributed by atoms with Crippen LogP contribution in [0.2, 0.25) is 0 Å². The Kier molecular flexibility index (Phi) is 4.44. The summed E-state index contributed by atoms with van der Waals surface area (Å²) in [7, 11) is 0. The highest BCUT2D eigenvalue weighted by Gasteiger charge is 2.16. The van der Waals surface area contributed by atoms with E-state index in [1.807, 2.05) is 39.0 Å². The summed E-state index contributed by atoms with van der Waals surface area (Å²) in [5, 5.41) is 15.2. The SMILES string of the molecule is Cc1cnc(-c2c(C)noc2C)nc1Nc1ccc(-n2ccnn2)c(Br)c1. The zero-order valence-electron chi connectivity index (χ0n) is 14.9. The molecule has 9 heteroatoms. The van der Waals surface area contributed by atoms with Gasteiger partial charge in [0.1, 0.15) is 11.6 Å². The van der Waals surface area contributed by atoms with E-state index in [2.05, 4.69) is 46.7 Å². The molecule has 0 unspecified atom stereocenters. The molecule has 0 bridgehead atoms. The van der Waals surface area contributed by atoms with Crippen LogP contribution in [0.15, 0.2) is 45.8 Å². The average molecular weight is 426 g/mol. The second kappa shape index (κ2) is 6.92. The van der Waals surface area contributed by atoms with Gasteiger partial charge in [-0.05, 0) is 54.9 Å². The lowest BCUT2D eigenvalue weighted by atomic mass is 10.2. The molecule has 0 aliphatic carbocycles. The van der Waals surface area contributed by atoms with E-state index in [1.54, 1.807) is 23.3 Å². The largest absolute Gasteiger partial charge is 0.361 e. The van der Waals surface area contributed by atoms with Crippen molar-refractivity contribution >= 4 is 27.4 Å². The summed E-state index contributed by atoms with van der Waals surface area (Å²) < 4.78 is 7.81. The van der Waals surface area contributed by atoms with E-state index < -0.39 is 0 Å². The van der Waals surface area contributed by atoms with Gasteiger partial charge in [0.25, 0.3) is 0 Å². The van der Waals surface area contributed by atoms with Gasteiger partial charge in [-0.1, -0.05) is 10.4 Å². The minimum atomic E-state index is 0.581. The third-order valence-electron chi connectivity index (χ3n) is 4.11. The Morgan fingerprint density at radius 2 is 2.04 bits per heavy atom. The second-order valence-corrected chi connectivity index (χ2v) is 6.92. The average Bonchev–Trinajstić information content (AvgIpc) is 3.28. The molecule has 0 spiro atoms. The number of nitrogens with zero attached hydrogens (tertiary/aromatic N) is 6. The number of rotatable bonds is 4. The summed E-state index contributed by atoms with van der Waals surface area (Å²) in [5.41, 5.74) is 4.30. The Balaban J connectivity index is 1.67. The van der Waals surface area contributed by atoms with Crippen LogP contribution in [-0.2, 0) is 0 Å². The van der Waals surface area contributed by atoms with Gasteiger partial charge in [-0.2, -0.15) is 0 Å². The maximum absolute atomic E-state index is 5.23. The highest BCUT2D eigenvalue weighted by atomic mass is 79.9. The molecule has 0 amide bonds. The predicted octanol–water partition coefficient (Wildman–Crippen LogP) is 4.14. The molecule has 1 N–H and O–H groups in total. The molecule has 8 nitrogen and oxygen atoms in total. The molecule has 4 aromatic rings. The van der Waals surface area contributed by atoms with Crippen LogP contribution in [0, 0.1) is 20.8 Å². The first kappa shape index (κ1) is 17.3. The van der Waals surface area contributed by atoms with Crippen LogP contribution in [0.3, 0.4) is 0 Å². The lowest BCUT2D eigenvalue weighted by molar-refractivity contribution is 0.393. The Labute approximate surface area is 163 Å². The lowest BCUT2D eigenvalue weighted by Crippen LogP contribution is -2.02. The molecule has 0 saturated heterocycles. The standard InChI is InChI=1S/C18H16BrN7O/c1-10-9-20-18(16-11(2)24-27-12(16)3)23-17(10)22-13-4-5-15(14(19)8-13)26-7-6-21-25-26/h4-9H,1-3H3,(H,20,22,23). The first-order valence-corrected chi connectivity index (χ1v) is 9.02. The fraction of sp³-hybridized carbons (Fsp3) is 0.167. The minimum Gasteiger partial charge on any atom is -0.361 e. The number of hydrogen-bond acceptors (Lipinski definition) is 7. The molecule has 0 fully saturated rings. The van der Waals surface area contributed by atoms with Crippen molar-refractivity contribution in [2.75, 3.05) is 5.32 Å². The second-order valence-electron chi connectivity index (χ2n) is 6.06. The molecule has 3 heterocycles. The molecule has 27 heavy (non-hydrogen) atoms. The van der Waals surface area contributed by atoms with E-state index in [0.29, 0.717) is 11.6 Å². The molecule has 3 aromatic heterocycles. The van der Waals surface area contributed by atoms with Crippen molar-refractivity contribution in [1.29, 1.82) is 0 Å². The normalized spacial score (nSPS) is 11.0. The van der Waals surface area contributed by atoms with Crippen LogP contribution in [0.5, 0.6) is 0 Å². The van der Waals surface area contributed by atoms with Gasteiger partial charge in [0, 0.05) is 21.9 Å². The Hall–Kier alpha value is -3.07. The molecule has 0 aliphatic rings. The first-order chi connectivity index (χ1) is 13.0. The molecule has 136 valence electrons. The van der Waals surface area contributed by atoms with E-state index in [0.717, 1.165) is 38.5 Å². The fourth-order valence-corrected chi connectivity index (χ4v) is 3.30. The first-order valence-electron chi connectivity index (χ1n) is 8.23. The molecule has 0 saturated carbocycles. The quantitative estimate of drug-likeness (QED) is 0.524. The fourth-order valence-electron chi connectivity index (χ4n) is 2.74. The highest BCUT2D eigenvalue weighted by Crippen LogP contribution is 2.29. The summed E-state index contributed by atoms with van der Waals surface area (Å²) in [4.78, 5) is 9.10. The number of aryl methyl sites for hydroxylation is 3. The Bertz CT molecular complexity index is 1090. The van der Waals surface area contributed by atoms with E-state index in [4.69, 9.17) is 4.52 Å². The lowest BCUT2D eigenvalue weighted by Gasteiger charge is -2.12. The smallest absolute Gasteiger partial charge is 0.167 e. The van der Waals surface area contributed by atoms with Gasteiger partial charge in [0.15, 0.2) is 5.82 Å². The van der Waals surface area contributed by atoms with Gasteiger partial charge in [0.05, 0.1) is 29.3 Å². The maximum atomic E-state index is 5.23. The molecule has 0 aliphatic heterocycles. The maximum Gasteiger partial charge on any atom is 0.167 e. The van der Waals surface area contributed by atoms with E-state index in [-0.39, 0.29) is 0 Å². The minimum absolute atomic E-state index is 0.581. The molecule has 4 rings (SSSR count). The van der Waals surface area contributed by atoms with Gasteiger partial charge in [-0.3, -0.25) is 0 Å². The molecular weight excluding hydrogens is 410 g/mol. The number of aromatic nitrogens is 6. The van der Waals surface area contributed by atoms with Crippen LogP contribution in [0.25, 0.3) is 17.1 Å². The van der Waals surface area contributed by atoms with Crippen molar-refractivity contribution in [3.05, 3.63) is 58.3 Å². The van der Waals surface area contributed by atoms with Gasteiger partial charge < -0.3 is 9.84 Å². The van der Waals surface area contributed by atoms with Crippen LogP contribution in [0.4, 0.5) is 11.5 Å². The summed E-state index contributed by atoms with van der Waals surface area (Å²) in [5.74, 6) is 2.00. The van der Waals surface area contributed by atoms with Crippen molar-refractivity contribution in [1.82, 2.24) is 30.1 Å². The van der Waals surface area contributed by atoms with Crippen LogP contribution in [-0.4, -0.2) is 30.1 Å². The van der Waals surface area contributed by atoms with Crippen molar-refractivity contribution in [3.63, 3.8) is 0 Å². The number of hydrogen-bond donors (Lipinski definition) is 1. The van der Waals surface area contributed by atoms with Crippen molar-refractivity contribution in [3.8, 4) is 17.1 Å². The topological polar surface area (TPSA) is 94.6 Å². The van der Waals surface area contributed by atoms with E-state index in [1.165, 1.54) is 0 Å². The number of benzene rings is 1. The summed E-state index contributed by atoms with van der Waals surface area (Å²) in [6.45, 7) is 5.69. The predicted molar refractivity (Wildman–Crippen MR) is 104 cm³/mol. The number of anilines is 2. The van der Waals surface area contributed by atoms with Crippen molar-refractivity contribution < 1.29 is 4.52 Å². The number of nitrogens with one attached hydrogen (secondary N) is 1. The van der Waals surface area contributed by atoms with Crippen LogP contribution in [0.1, 0.15) is 17.0 Å². The van der Waals surface area contributed by atoms with Crippen molar-refractivity contribution in [2.45, 2.75) is 20.8 Å². The molecular formula is C18H16BrN7O. The highest BCUT2D eigenvalue weighted by molar-refractivity contribution is 9.10. The van der Waals surface area contributed by atoms with E-state index in [9.17, 15) is 0 Å². The zero-order chi connectivity index (χ0) is 19.0. The Morgan fingerprint density at radius 3 is 2.70 bits per heavy atom. The monoisotopic (exact) mass is 425 g/mol. The summed E-state index contributed by atoms with van der Waals surface area (Å²) in [6, 6.07) is 5.87. The van der Waals surface area contributed by atoms with Crippen LogP contribution < -0.4 is 5.32 Å². The van der Waals surface area contributed by atoms with Gasteiger partial charge >= 0.3 is 0 Å². The molecule has 0 atom stereocenters. The molecule has 0 radical (unpaired) electrons. The zero-order valence-corrected chi connectivity index (χ0v) is 16.5. The Morgan fingerprint density at radius 1 is 1.19 bits per heavy atom. The third kappa shape index (κ3) is 3.33. The van der Waals surface area contributed by atoms with Crippen molar-refractivity contribution in [2.24, 2.45) is 0 Å². The van der Waals surface area contributed by atoms with Gasteiger partial charge in [-0.15, -0.1) is 5.10 Å². The molecule has 1 aromatic carbocycles. The third-order valence-corrected chi connectivity index (χ3v) is 4.74. The van der Waals surface area contributed by atoms with Gasteiger partial charge in [0.2, 0.25) is 0 Å². The van der Waals surface area contributed by atoms with E-state index >= 15 is 0 Å². The van der Waals surface area contributed by atoms with Gasteiger partial charge in [-0.25, -0.2) is 14.6 Å². The summed E-state index contributed by atoms with van der Waals surface area (Å²) in [6.07, 6.45) is 5.21. The summed E-state index contributed by atoms with van der Waals surface area (Å²) >= 11 is 3.58. The van der Waals surface area contributed by atoms with Crippen LogP contribution >= 0.6 is 15.9 Å². The number of halogens is 1.